The monoisotopic (exact) mass is 462 g/mol. The van der Waals surface area contributed by atoms with Crippen LogP contribution in [0.2, 0.25) is 0 Å². The number of pyridine rings is 1. The minimum absolute atomic E-state index is 0.0374. The van der Waals surface area contributed by atoms with Crippen molar-refractivity contribution in [2.75, 3.05) is 12.9 Å². The molecule has 0 aliphatic rings. The van der Waals surface area contributed by atoms with E-state index in [-0.39, 0.29) is 31.6 Å². The maximum absolute atomic E-state index is 12.5. The number of hydrogen-bond donors (Lipinski definition) is 4. The molecule has 4 N–H and O–H groups in total. The highest BCUT2D eigenvalue weighted by atomic mass is 32.2. The van der Waals surface area contributed by atoms with E-state index in [1.54, 1.807) is 30.3 Å². The van der Waals surface area contributed by atoms with E-state index in [0.29, 0.717) is 5.56 Å². The highest BCUT2D eigenvalue weighted by Gasteiger charge is 2.43. The first-order valence-corrected chi connectivity index (χ1v) is 11.6. The molecular formula is C22H26N2O7S. The van der Waals surface area contributed by atoms with Crippen LogP contribution < -0.4 is 11.0 Å². The number of hydrogen-bond acceptors (Lipinski definition) is 7. The number of carbonyl (C=O) groups excluding carboxylic acids is 1. The molecule has 0 radical (unpaired) electrons. The van der Waals surface area contributed by atoms with Gasteiger partial charge >= 0.3 is 0 Å². The number of sulfone groups is 1. The van der Waals surface area contributed by atoms with Gasteiger partial charge in [-0.2, -0.15) is 0 Å². The van der Waals surface area contributed by atoms with E-state index in [4.69, 9.17) is 10.3 Å². The summed E-state index contributed by atoms with van der Waals surface area (Å²) in [5.41, 5.74) is 3.15. The Morgan fingerprint density at radius 1 is 1.22 bits per heavy atom. The van der Waals surface area contributed by atoms with Gasteiger partial charge in [-0.25, -0.2) is 13.9 Å². The fourth-order valence-corrected chi connectivity index (χ4v) is 3.72. The zero-order chi connectivity index (χ0) is 23.9. The summed E-state index contributed by atoms with van der Waals surface area (Å²) in [5, 5.41) is 27.0. The second-order valence-electron chi connectivity index (χ2n) is 7.56. The number of aliphatic hydroxyl groups excluding tert-OH is 2. The van der Waals surface area contributed by atoms with E-state index in [2.05, 4.69) is 11.8 Å². The molecule has 2 aromatic rings. The first kappa shape index (κ1) is 25.3. The average molecular weight is 463 g/mol. The Bertz CT molecular complexity index is 1180. The normalized spacial score (nSPS) is 14.0. The number of aromatic nitrogens is 1. The molecule has 0 aliphatic carbocycles. The lowest BCUT2D eigenvalue weighted by Crippen LogP contribution is -2.49. The van der Waals surface area contributed by atoms with Gasteiger partial charge in [-0.05, 0) is 42.7 Å². The number of nitrogens with zero attached hydrogens (tertiary/aromatic N) is 1. The number of aryl methyl sites for hydroxylation is 1. The van der Waals surface area contributed by atoms with E-state index < -0.39 is 26.6 Å². The Morgan fingerprint density at radius 3 is 2.41 bits per heavy atom. The third-order valence-electron chi connectivity index (χ3n) is 5.23. The Hall–Kier alpha value is -2.97. The van der Waals surface area contributed by atoms with E-state index in [9.17, 15) is 23.1 Å². The summed E-state index contributed by atoms with van der Waals surface area (Å²) < 4.78 is 23.5. The molecule has 1 heterocycles. The van der Waals surface area contributed by atoms with Crippen molar-refractivity contribution in [3.05, 3.63) is 58.5 Å². The number of carbonyl (C=O) groups is 1. The van der Waals surface area contributed by atoms with Crippen LogP contribution >= 0.6 is 0 Å². The van der Waals surface area contributed by atoms with Crippen molar-refractivity contribution in [2.45, 2.75) is 37.2 Å². The van der Waals surface area contributed by atoms with Crippen LogP contribution in [0.15, 0.2) is 47.4 Å². The smallest absolute Gasteiger partial charge is 0.264 e. The van der Waals surface area contributed by atoms with Crippen LogP contribution in [0.4, 0.5) is 0 Å². The number of amides is 1. The summed E-state index contributed by atoms with van der Waals surface area (Å²) in [6, 6.07) is 10.2. The number of aliphatic hydroxyl groups is 2. The Labute approximate surface area is 186 Å². The molecule has 2 unspecified atom stereocenters. The second-order valence-corrected chi connectivity index (χ2v) is 10.0. The molecule has 2 rings (SSSR count). The van der Waals surface area contributed by atoms with Gasteiger partial charge in [0.05, 0.1) is 12.7 Å². The van der Waals surface area contributed by atoms with Gasteiger partial charge in [-0.1, -0.05) is 24.0 Å². The Kier molecular flexibility index (Phi) is 8.35. The standard InChI is InChI=1S/C22H26N2O7S/c1-22(21(28)23-29,32(2,30)31)11-13-24-12-10-18(14-20(24)27)17-8-6-16(7-9-17)4-3-5-19(26)15-25/h6-10,12,14,19,25-26,29H,5,11,13,15H2,1-2H3,(H,23,28). The molecule has 10 heteroatoms. The highest BCUT2D eigenvalue weighted by molar-refractivity contribution is 7.92. The van der Waals surface area contributed by atoms with Crippen LogP contribution in [-0.2, 0) is 21.2 Å². The second kappa shape index (κ2) is 10.6. The highest BCUT2D eigenvalue weighted by Crippen LogP contribution is 2.22. The minimum atomic E-state index is -3.85. The summed E-state index contributed by atoms with van der Waals surface area (Å²) in [6.45, 7) is 0.813. The molecule has 32 heavy (non-hydrogen) atoms. The van der Waals surface area contributed by atoms with Crippen LogP contribution in [-0.4, -0.2) is 58.0 Å². The van der Waals surface area contributed by atoms with Gasteiger partial charge in [0.1, 0.15) is 0 Å². The van der Waals surface area contributed by atoms with Crippen LogP contribution in [0.5, 0.6) is 0 Å². The van der Waals surface area contributed by atoms with Crippen LogP contribution in [0, 0.1) is 11.8 Å². The summed E-state index contributed by atoms with van der Waals surface area (Å²) in [4.78, 5) is 24.4. The lowest BCUT2D eigenvalue weighted by molar-refractivity contribution is -0.131. The van der Waals surface area contributed by atoms with Crippen molar-refractivity contribution >= 4 is 15.7 Å². The number of rotatable bonds is 8. The molecule has 0 bridgehead atoms. The molecule has 0 saturated carbocycles. The first-order valence-electron chi connectivity index (χ1n) is 9.74. The third-order valence-corrected chi connectivity index (χ3v) is 7.25. The van der Waals surface area contributed by atoms with E-state index in [1.165, 1.54) is 29.2 Å². The van der Waals surface area contributed by atoms with Gasteiger partial charge in [0.2, 0.25) is 0 Å². The molecule has 172 valence electrons. The largest absolute Gasteiger partial charge is 0.394 e. The van der Waals surface area contributed by atoms with Crippen molar-refractivity contribution in [1.82, 2.24) is 10.0 Å². The molecule has 2 atom stereocenters. The SMILES string of the molecule is CC(CCn1ccc(-c2ccc(C#CCC(O)CO)cc2)cc1=O)(C(=O)NO)S(C)(=O)=O. The fraction of sp³-hybridized carbons (Fsp3) is 0.364. The van der Waals surface area contributed by atoms with Gasteiger partial charge in [0, 0.05) is 37.0 Å². The van der Waals surface area contributed by atoms with Crippen molar-refractivity contribution in [3.63, 3.8) is 0 Å². The van der Waals surface area contributed by atoms with E-state index in [1.807, 2.05) is 0 Å². The van der Waals surface area contributed by atoms with Crippen LogP contribution in [0.25, 0.3) is 11.1 Å². The zero-order valence-electron chi connectivity index (χ0n) is 17.8. The maximum atomic E-state index is 12.5. The third kappa shape index (κ3) is 6.05. The lowest BCUT2D eigenvalue weighted by atomic mass is 10.0. The summed E-state index contributed by atoms with van der Waals surface area (Å²) in [7, 11) is -3.85. The number of nitrogens with one attached hydrogen (secondary N) is 1. The molecule has 0 fully saturated rings. The Balaban J connectivity index is 2.17. The van der Waals surface area contributed by atoms with Gasteiger partial charge in [0.15, 0.2) is 14.6 Å². The average Bonchev–Trinajstić information content (AvgIpc) is 2.76. The van der Waals surface area contributed by atoms with E-state index in [0.717, 1.165) is 17.4 Å². The predicted molar refractivity (Wildman–Crippen MR) is 119 cm³/mol. The van der Waals surface area contributed by atoms with Crippen LogP contribution in [0.3, 0.4) is 0 Å². The molecule has 0 aliphatic heterocycles. The molecule has 0 spiro atoms. The van der Waals surface area contributed by atoms with Crippen molar-refractivity contribution in [3.8, 4) is 23.0 Å². The summed E-state index contributed by atoms with van der Waals surface area (Å²) >= 11 is 0. The molecule has 1 amide bonds. The first-order chi connectivity index (χ1) is 15.0. The summed E-state index contributed by atoms with van der Waals surface area (Å²) in [5.74, 6) is 4.60. The lowest BCUT2D eigenvalue weighted by Gasteiger charge is -2.25. The molecule has 0 saturated heterocycles. The van der Waals surface area contributed by atoms with Gasteiger partial charge in [0.25, 0.3) is 11.5 Å². The number of hydroxylamine groups is 1. The zero-order valence-corrected chi connectivity index (χ0v) is 18.6. The van der Waals surface area contributed by atoms with Crippen molar-refractivity contribution in [2.24, 2.45) is 0 Å². The van der Waals surface area contributed by atoms with Crippen molar-refractivity contribution < 1.29 is 28.6 Å². The van der Waals surface area contributed by atoms with Crippen LogP contribution in [0.1, 0.15) is 25.3 Å². The fourth-order valence-electron chi connectivity index (χ4n) is 2.87. The predicted octanol–water partition coefficient (Wildman–Crippen LogP) is 0.309. The molecule has 1 aromatic heterocycles. The molecule has 1 aromatic carbocycles. The Morgan fingerprint density at radius 2 is 1.88 bits per heavy atom. The summed E-state index contributed by atoms with van der Waals surface area (Å²) in [6.07, 6.45) is 1.50. The van der Waals surface area contributed by atoms with E-state index >= 15 is 0 Å². The quantitative estimate of drug-likeness (QED) is 0.251. The minimum Gasteiger partial charge on any atom is -0.394 e. The molecule has 9 nitrogen and oxygen atoms in total. The maximum Gasteiger partial charge on any atom is 0.264 e. The van der Waals surface area contributed by atoms with Gasteiger partial charge in [-0.3, -0.25) is 14.8 Å². The number of benzene rings is 1. The van der Waals surface area contributed by atoms with Gasteiger partial charge in [-0.15, -0.1) is 0 Å². The van der Waals surface area contributed by atoms with Gasteiger partial charge < -0.3 is 14.8 Å². The topological polar surface area (TPSA) is 146 Å². The molecular weight excluding hydrogens is 436 g/mol. The van der Waals surface area contributed by atoms with Crippen molar-refractivity contribution in [1.29, 1.82) is 0 Å².